The van der Waals surface area contributed by atoms with Crippen LogP contribution in [0.2, 0.25) is 0 Å². The Morgan fingerprint density at radius 3 is 2.57 bits per heavy atom. The molecule has 1 fully saturated rings. The highest BCUT2D eigenvalue weighted by atomic mass is 16.6. The Labute approximate surface area is 140 Å². The average molecular weight is 318 g/mol. The Kier molecular flexibility index (Phi) is 7.03. The zero-order chi connectivity index (χ0) is 16.7. The fourth-order valence-electron chi connectivity index (χ4n) is 3.68. The summed E-state index contributed by atoms with van der Waals surface area (Å²) in [4.78, 5) is 13.2. The second-order valence-electron chi connectivity index (χ2n) is 6.79. The molecule has 0 aliphatic carbocycles. The minimum atomic E-state index is -0.295. The van der Waals surface area contributed by atoms with Crippen molar-refractivity contribution in [2.45, 2.75) is 58.3 Å². The monoisotopic (exact) mass is 318 g/mol. The number of hydrogen-bond donors (Lipinski definition) is 0. The molecule has 4 heteroatoms. The van der Waals surface area contributed by atoms with Crippen LogP contribution >= 0.6 is 0 Å². The van der Waals surface area contributed by atoms with Gasteiger partial charge < -0.3 is 4.90 Å². The lowest BCUT2D eigenvalue weighted by Crippen LogP contribution is -2.33. The lowest BCUT2D eigenvalue weighted by Gasteiger charge is -2.32. The minimum absolute atomic E-state index is 0.218. The van der Waals surface area contributed by atoms with Gasteiger partial charge in [0.15, 0.2) is 0 Å². The number of benzene rings is 1. The van der Waals surface area contributed by atoms with Crippen LogP contribution in [0.5, 0.6) is 0 Å². The van der Waals surface area contributed by atoms with Crippen LogP contribution in [0.1, 0.15) is 63.9 Å². The van der Waals surface area contributed by atoms with Crippen molar-refractivity contribution in [1.29, 1.82) is 0 Å². The molecule has 0 atom stereocenters. The Morgan fingerprint density at radius 1 is 1.26 bits per heavy atom. The van der Waals surface area contributed by atoms with Gasteiger partial charge in [0.1, 0.15) is 0 Å². The smallest absolute Gasteiger partial charge is 0.269 e. The van der Waals surface area contributed by atoms with E-state index in [1.807, 2.05) is 12.1 Å². The molecule has 1 aromatic carbocycles. The molecule has 0 amide bonds. The van der Waals surface area contributed by atoms with Crippen molar-refractivity contribution in [2.24, 2.45) is 5.92 Å². The molecule has 128 valence electrons. The van der Waals surface area contributed by atoms with E-state index >= 15 is 0 Å². The summed E-state index contributed by atoms with van der Waals surface area (Å²) in [6.07, 6.45) is 7.47. The van der Waals surface area contributed by atoms with Crippen molar-refractivity contribution in [2.75, 3.05) is 19.6 Å². The molecule has 23 heavy (non-hydrogen) atoms. The largest absolute Gasteiger partial charge is 0.303 e. The first-order chi connectivity index (χ1) is 11.1. The van der Waals surface area contributed by atoms with E-state index in [4.69, 9.17) is 0 Å². The molecule has 1 aliphatic rings. The third-order valence-corrected chi connectivity index (χ3v) is 5.38. The third-order valence-electron chi connectivity index (χ3n) is 5.38. The van der Waals surface area contributed by atoms with Crippen molar-refractivity contribution in [3.63, 3.8) is 0 Å². The molecular weight excluding hydrogens is 288 g/mol. The number of nitrogens with zero attached hydrogens (tertiary/aromatic N) is 2. The standard InChI is InChI=1S/C19H30N2O2/c1-3-16(4-2)7-6-12-20-13-10-17(11-14-20)18-8-5-9-19(15-18)21(22)23/h5,8-9,15-17H,3-4,6-7,10-14H2,1-2H3. The Morgan fingerprint density at radius 2 is 1.96 bits per heavy atom. The van der Waals surface area contributed by atoms with Crippen LogP contribution in [0.25, 0.3) is 0 Å². The van der Waals surface area contributed by atoms with E-state index in [-0.39, 0.29) is 10.6 Å². The van der Waals surface area contributed by atoms with Crippen molar-refractivity contribution >= 4 is 5.69 Å². The van der Waals surface area contributed by atoms with Gasteiger partial charge in [0.2, 0.25) is 0 Å². The van der Waals surface area contributed by atoms with E-state index in [1.165, 1.54) is 32.2 Å². The molecular formula is C19H30N2O2. The molecule has 4 nitrogen and oxygen atoms in total. The third kappa shape index (κ3) is 5.31. The van der Waals surface area contributed by atoms with Gasteiger partial charge in [0, 0.05) is 12.1 Å². The van der Waals surface area contributed by atoms with Crippen LogP contribution < -0.4 is 0 Å². The summed E-state index contributed by atoms with van der Waals surface area (Å²) in [6, 6.07) is 7.19. The number of nitro groups is 1. The van der Waals surface area contributed by atoms with Gasteiger partial charge in [0.25, 0.3) is 5.69 Å². The lowest BCUT2D eigenvalue weighted by molar-refractivity contribution is -0.384. The molecule has 0 N–H and O–H groups in total. The number of likely N-dealkylation sites (tertiary alicyclic amines) is 1. The van der Waals surface area contributed by atoms with Crippen LogP contribution in [-0.4, -0.2) is 29.5 Å². The second kappa shape index (κ2) is 9.02. The van der Waals surface area contributed by atoms with Crippen LogP contribution in [0, 0.1) is 16.0 Å². The van der Waals surface area contributed by atoms with Crippen LogP contribution in [0.4, 0.5) is 5.69 Å². The fourth-order valence-corrected chi connectivity index (χ4v) is 3.68. The molecule has 0 aromatic heterocycles. The molecule has 1 aromatic rings. The van der Waals surface area contributed by atoms with Gasteiger partial charge in [-0.25, -0.2) is 0 Å². The number of non-ortho nitro benzene ring substituents is 1. The highest BCUT2D eigenvalue weighted by Gasteiger charge is 2.21. The minimum Gasteiger partial charge on any atom is -0.303 e. The molecule has 1 heterocycles. The van der Waals surface area contributed by atoms with Gasteiger partial charge in [-0.15, -0.1) is 0 Å². The molecule has 0 bridgehead atoms. The summed E-state index contributed by atoms with van der Waals surface area (Å²) in [7, 11) is 0. The van der Waals surface area contributed by atoms with E-state index in [0.29, 0.717) is 5.92 Å². The number of nitro benzene ring substituents is 1. The number of hydrogen-bond acceptors (Lipinski definition) is 3. The number of rotatable bonds is 8. The van der Waals surface area contributed by atoms with Crippen molar-refractivity contribution in [3.05, 3.63) is 39.9 Å². The molecule has 0 radical (unpaired) electrons. The van der Waals surface area contributed by atoms with E-state index in [2.05, 4.69) is 18.7 Å². The van der Waals surface area contributed by atoms with Crippen molar-refractivity contribution < 1.29 is 4.92 Å². The first-order valence-electron chi connectivity index (χ1n) is 9.10. The molecule has 1 saturated heterocycles. The SMILES string of the molecule is CCC(CC)CCCN1CCC(c2cccc([N+](=O)[O-])c2)CC1. The van der Waals surface area contributed by atoms with Crippen LogP contribution in [0.15, 0.2) is 24.3 Å². The molecule has 1 aliphatic heterocycles. The van der Waals surface area contributed by atoms with Gasteiger partial charge in [0.05, 0.1) is 4.92 Å². The quantitative estimate of drug-likeness (QED) is 0.501. The zero-order valence-electron chi connectivity index (χ0n) is 14.5. The van der Waals surface area contributed by atoms with Gasteiger partial charge in [-0.05, 0) is 62.7 Å². The highest BCUT2D eigenvalue weighted by molar-refractivity contribution is 5.36. The number of piperidine rings is 1. The van der Waals surface area contributed by atoms with Gasteiger partial charge >= 0.3 is 0 Å². The summed E-state index contributed by atoms with van der Waals surface area (Å²) in [6.45, 7) is 8.03. The van der Waals surface area contributed by atoms with Crippen molar-refractivity contribution in [1.82, 2.24) is 4.90 Å². The van der Waals surface area contributed by atoms with Gasteiger partial charge in [-0.2, -0.15) is 0 Å². The lowest BCUT2D eigenvalue weighted by atomic mass is 9.89. The molecule has 0 spiro atoms. The van der Waals surface area contributed by atoms with Gasteiger partial charge in [-0.1, -0.05) is 38.8 Å². The maximum absolute atomic E-state index is 10.9. The molecule has 2 rings (SSSR count). The van der Waals surface area contributed by atoms with E-state index in [0.717, 1.165) is 37.4 Å². The molecule has 0 saturated carbocycles. The topological polar surface area (TPSA) is 46.4 Å². The summed E-state index contributed by atoms with van der Waals surface area (Å²) in [5, 5.41) is 10.9. The van der Waals surface area contributed by atoms with Gasteiger partial charge in [-0.3, -0.25) is 10.1 Å². The Balaban J connectivity index is 1.77. The predicted octanol–water partition coefficient (Wildman–Crippen LogP) is 4.99. The van der Waals surface area contributed by atoms with E-state index in [9.17, 15) is 10.1 Å². The maximum atomic E-state index is 10.9. The summed E-state index contributed by atoms with van der Waals surface area (Å²) in [5.41, 5.74) is 1.35. The maximum Gasteiger partial charge on any atom is 0.269 e. The fraction of sp³-hybridized carbons (Fsp3) is 0.684. The van der Waals surface area contributed by atoms with Crippen molar-refractivity contribution in [3.8, 4) is 0 Å². The first-order valence-corrected chi connectivity index (χ1v) is 9.10. The molecule has 0 unspecified atom stereocenters. The van der Waals surface area contributed by atoms with Crippen LogP contribution in [-0.2, 0) is 0 Å². The zero-order valence-corrected chi connectivity index (χ0v) is 14.5. The normalized spacial score (nSPS) is 16.8. The van der Waals surface area contributed by atoms with E-state index < -0.39 is 0 Å². The average Bonchev–Trinajstić information content (AvgIpc) is 2.59. The summed E-state index contributed by atoms with van der Waals surface area (Å²) >= 11 is 0. The van der Waals surface area contributed by atoms with E-state index in [1.54, 1.807) is 12.1 Å². The predicted molar refractivity (Wildman–Crippen MR) is 94.8 cm³/mol. The summed E-state index contributed by atoms with van der Waals surface area (Å²) in [5.74, 6) is 1.36. The first kappa shape index (κ1) is 17.9. The highest BCUT2D eigenvalue weighted by Crippen LogP contribution is 2.30. The summed E-state index contributed by atoms with van der Waals surface area (Å²) < 4.78 is 0. The second-order valence-corrected chi connectivity index (χ2v) is 6.79. The van der Waals surface area contributed by atoms with Crippen LogP contribution in [0.3, 0.4) is 0 Å². The Hall–Kier alpha value is -1.42. The Bertz CT molecular complexity index is 492.